The number of nitrogens with one attached hydrogen (secondary N) is 3. The Labute approximate surface area is 208 Å². The fourth-order valence-electron chi connectivity index (χ4n) is 4.88. The fraction of sp³-hybridized carbons (Fsp3) is 0.542. The van der Waals surface area contributed by atoms with Gasteiger partial charge in [0.15, 0.2) is 0 Å². The van der Waals surface area contributed by atoms with Gasteiger partial charge in [0.05, 0.1) is 19.2 Å². The summed E-state index contributed by atoms with van der Waals surface area (Å²) in [6.45, 7) is 4.16. The minimum Gasteiger partial charge on any atom is -0.493 e. The second-order valence-corrected chi connectivity index (χ2v) is 8.96. The number of nitrogens with zero attached hydrogens (tertiary/aromatic N) is 2. The van der Waals surface area contributed by atoms with Crippen LogP contribution in [0.2, 0.25) is 0 Å². The van der Waals surface area contributed by atoms with Gasteiger partial charge >= 0.3 is 6.09 Å². The molecule has 0 bridgehead atoms. The molecule has 1 unspecified atom stereocenters. The van der Waals surface area contributed by atoms with E-state index >= 15 is 0 Å². The molecule has 2 saturated heterocycles. The monoisotopic (exact) mass is 501 g/mol. The molecule has 12 heteroatoms. The number of carbonyl (C=O) groups is 5. The molecule has 194 valence electrons. The van der Waals surface area contributed by atoms with Gasteiger partial charge < -0.3 is 19.8 Å². The van der Waals surface area contributed by atoms with Gasteiger partial charge in [-0.3, -0.25) is 29.4 Å². The second-order valence-electron chi connectivity index (χ2n) is 8.96. The molecule has 0 saturated carbocycles. The van der Waals surface area contributed by atoms with E-state index in [1.165, 1.54) is 4.90 Å². The second kappa shape index (κ2) is 11.4. The molecule has 5 amide bonds. The predicted molar refractivity (Wildman–Crippen MR) is 125 cm³/mol. The zero-order chi connectivity index (χ0) is 25.7. The molecule has 3 aliphatic rings. The standard InChI is InChI=1S/C24H31N5O7/c1-2-25-24(34)36-27-22(32)17-7-4-11-28(17)12-5-13-35-19-8-3-6-15-16(19)14-29(23(15)33)18-9-10-20(30)26-21(18)31/h3,6,8,17-18H,2,4-5,7,9-14H2,1H3,(H,25,34)(H,27,32)(H,26,30,31)/t17-,18?/m0/s1. The Hall–Kier alpha value is -3.67. The highest BCUT2D eigenvalue weighted by atomic mass is 16.7. The summed E-state index contributed by atoms with van der Waals surface area (Å²) in [5.74, 6) is -0.785. The van der Waals surface area contributed by atoms with Gasteiger partial charge in [0.1, 0.15) is 11.8 Å². The number of carbonyl (C=O) groups excluding carboxylic acids is 5. The Morgan fingerprint density at radius 2 is 2.03 bits per heavy atom. The number of hydrogen-bond donors (Lipinski definition) is 3. The molecule has 0 spiro atoms. The quantitative estimate of drug-likeness (QED) is 0.265. The highest BCUT2D eigenvalue weighted by Crippen LogP contribution is 2.33. The van der Waals surface area contributed by atoms with E-state index in [9.17, 15) is 24.0 Å². The summed E-state index contributed by atoms with van der Waals surface area (Å²) in [7, 11) is 0. The third-order valence-electron chi connectivity index (χ3n) is 6.62. The van der Waals surface area contributed by atoms with Gasteiger partial charge in [-0.05, 0) is 51.3 Å². The van der Waals surface area contributed by atoms with Crippen LogP contribution in [0.25, 0.3) is 0 Å². The summed E-state index contributed by atoms with van der Waals surface area (Å²) >= 11 is 0. The topological polar surface area (TPSA) is 146 Å². The van der Waals surface area contributed by atoms with Crippen LogP contribution in [0.15, 0.2) is 18.2 Å². The Balaban J connectivity index is 1.28. The largest absolute Gasteiger partial charge is 0.493 e. The van der Waals surface area contributed by atoms with Gasteiger partial charge in [-0.2, -0.15) is 5.48 Å². The third kappa shape index (κ3) is 5.59. The first-order valence-corrected chi connectivity index (χ1v) is 12.3. The number of hydrogen-bond acceptors (Lipinski definition) is 8. The van der Waals surface area contributed by atoms with E-state index in [-0.39, 0.29) is 36.7 Å². The molecule has 12 nitrogen and oxygen atoms in total. The zero-order valence-electron chi connectivity index (χ0n) is 20.2. The van der Waals surface area contributed by atoms with Crippen molar-refractivity contribution in [2.45, 2.75) is 57.7 Å². The lowest BCUT2D eigenvalue weighted by molar-refractivity contribution is -0.137. The van der Waals surface area contributed by atoms with E-state index in [4.69, 9.17) is 9.57 Å². The van der Waals surface area contributed by atoms with Crippen molar-refractivity contribution in [1.29, 1.82) is 0 Å². The highest BCUT2D eigenvalue weighted by molar-refractivity contribution is 6.05. The molecule has 0 radical (unpaired) electrons. The van der Waals surface area contributed by atoms with Crippen molar-refractivity contribution in [3.05, 3.63) is 29.3 Å². The summed E-state index contributed by atoms with van der Waals surface area (Å²) < 4.78 is 6.00. The van der Waals surface area contributed by atoms with Crippen LogP contribution in [-0.2, 0) is 25.8 Å². The first kappa shape index (κ1) is 25.4. The first-order valence-electron chi connectivity index (χ1n) is 12.3. The van der Waals surface area contributed by atoms with Crippen LogP contribution in [-0.4, -0.2) is 77.8 Å². The SMILES string of the molecule is CCNC(=O)ONC(=O)[C@@H]1CCCN1CCCOc1cccc2c1CN(C1CCC(=O)NC1=O)C2=O. The van der Waals surface area contributed by atoms with Crippen LogP contribution in [0.3, 0.4) is 0 Å². The van der Waals surface area contributed by atoms with E-state index in [1.807, 2.05) is 4.90 Å². The van der Waals surface area contributed by atoms with Crippen molar-refractivity contribution in [2.75, 3.05) is 26.2 Å². The lowest BCUT2D eigenvalue weighted by Crippen LogP contribution is -2.52. The Morgan fingerprint density at radius 1 is 1.19 bits per heavy atom. The van der Waals surface area contributed by atoms with Crippen molar-refractivity contribution in [3.8, 4) is 5.75 Å². The number of likely N-dealkylation sites (tertiary alicyclic amines) is 1. The summed E-state index contributed by atoms with van der Waals surface area (Å²) in [6, 6.07) is 4.21. The molecule has 3 heterocycles. The van der Waals surface area contributed by atoms with Gasteiger partial charge in [-0.25, -0.2) is 4.79 Å². The van der Waals surface area contributed by atoms with Crippen LogP contribution < -0.4 is 20.9 Å². The molecule has 3 N–H and O–H groups in total. The number of hydroxylamine groups is 1. The smallest absolute Gasteiger partial charge is 0.431 e. The third-order valence-corrected chi connectivity index (χ3v) is 6.62. The van der Waals surface area contributed by atoms with Crippen molar-refractivity contribution >= 4 is 29.7 Å². The van der Waals surface area contributed by atoms with Crippen LogP contribution in [0.5, 0.6) is 5.75 Å². The van der Waals surface area contributed by atoms with Gasteiger partial charge in [0.25, 0.3) is 11.8 Å². The number of amides is 5. The Bertz CT molecular complexity index is 1050. The average Bonchev–Trinajstić information content (AvgIpc) is 3.46. The Kier molecular flexibility index (Phi) is 8.04. The van der Waals surface area contributed by atoms with Crippen molar-refractivity contribution in [1.82, 2.24) is 25.9 Å². The van der Waals surface area contributed by atoms with E-state index in [1.54, 1.807) is 25.1 Å². The van der Waals surface area contributed by atoms with Gasteiger partial charge in [-0.15, -0.1) is 0 Å². The molecule has 0 aromatic heterocycles. The lowest BCUT2D eigenvalue weighted by Gasteiger charge is -2.29. The summed E-state index contributed by atoms with van der Waals surface area (Å²) in [5.41, 5.74) is 3.45. The molecule has 36 heavy (non-hydrogen) atoms. The van der Waals surface area contributed by atoms with Crippen molar-refractivity contribution in [2.24, 2.45) is 0 Å². The first-order chi connectivity index (χ1) is 17.4. The van der Waals surface area contributed by atoms with Gasteiger partial charge in [0, 0.05) is 30.6 Å². The number of imide groups is 1. The van der Waals surface area contributed by atoms with Crippen LogP contribution in [0.1, 0.15) is 54.9 Å². The number of ether oxygens (including phenoxy) is 1. The molecule has 2 atom stereocenters. The van der Waals surface area contributed by atoms with E-state index < -0.39 is 18.0 Å². The molecule has 2 fully saturated rings. The molecule has 4 rings (SSSR count). The molecule has 1 aromatic rings. The average molecular weight is 502 g/mol. The van der Waals surface area contributed by atoms with Gasteiger partial charge in [0.2, 0.25) is 11.8 Å². The fourth-order valence-corrected chi connectivity index (χ4v) is 4.88. The zero-order valence-corrected chi connectivity index (χ0v) is 20.2. The number of rotatable bonds is 8. The molecule has 0 aliphatic carbocycles. The number of piperidine rings is 1. The molecular formula is C24H31N5O7. The number of fused-ring (bicyclic) bond motifs is 1. The molecule has 1 aromatic carbocycles. The summed E-state index contributed by atoms with van der Waals surface area (Å²) in [6.07, 6.45) is 2.00. The maximum atomic E-state index is 12.9. The molecule has 3 aliphatic heterocycles. The van der Waals surface area contributed by atoms with Crippen molar-refractivity contribution < 1.29 is 33.5 Å². The van der Waals surface area contributed by atoms with Crippen LogP contribution >= 0.6 is 0 Å². The van der Waals surface area contributed by atoms with E-state index in [0.29, 0.717) is 50.3 Å². The Morgan fingerprint density at radius 3 is 2.81 bits per heavy atom. The predicted octanol–water partition coefficient (Wildman–Crippen LogP) is 0.458. The number of benzene rings is 1. The summed E-state index contributed by atoms with van der Waals surface area (Å²) in [4.78, 5) is 68.7. The normalized spacial score (nSPS) is 21.7. The highest BCUT2D eigenvalue weighted by Gasteiger charge is 2.40. The van der Waals surface area contributed by atoms with Crippen molar-refractivity contribution in [3.63, 3.8) is 0 Å². The maximum absolute atomic E-state index is 12.9. The maximum Gasteiger partial charge on any atom is 0.431 e. The van der Waals surface area contributed by atoms with E-state index in [2.05, 4.69) is 16.1 Å². The van der Waals surface area contributed by atoms with Crippen LogP contribution in [0, 0.1) is 0 Å². The van der Waals surface area contributed by atoms with Crippen LogP contribution in [0.4, 0.5) is 4.79 Å². The minimum atomic E-state index is -0.700. The molecular weight excluding hydrogens is 470 g/mol. The lowest BCUT2D eigenvalue weighted by atomic mass is 10.0. The summed E-state index contributed by atoms with van der Waals surface area (Å²) in [5, 5.41) is 4.75. The van der Waals surface area contributed by atoms with E-state index in [0.717, 1.165) is 18.5 Å². The van der Waals surface area contributed by atoms with Gasteiger partial charge in [-0.1, -0.05) is 6.07 Å². The minimum absolute atomic E-state index is 0.202.